The minimum absolute atomic E-state index is 0.0433. The van der Waals surface area contributed by atoms with Gasteiger partial charge in [0.05, 0.1) is 6.61 Å². The molecule has 1 aliphatic heterocycles. The highest BCUT2D eigenvalue weighted by molar-refractivity contribution is 5.94. The molecule has 1 aromatic carbocycles. The van der Waals surface area contributed by atoms with Crippen LogP contribution in [0.2, 0.25) is 0 Å². The zero-order valence-electron chi connectivity index (χ0n) is 11.9. The minimum atomic E-state index is -0.358. The predicted octanol–water partition coefficient (Wildman–Crippen LogP) is 2.02. The van der Waals surface area contributed by atoms with Crippen LogP contribution in [0, 0.1) is 0 Å². The van der Waals surface area contributed by atoms with Crippen LogP contribution in [-0.4, -0.2) is 23.6 Å². The summed E-state index contributed by atoms with van der Waals surface area (Å²) in [7, 11) is 0. The summed E-state index contributed by atoms with van der Waals surface area (Å²) in [5, 5.41) is 11.2. The fourth-order valence-electron chi connectivity index (χ4n) is 2.33. The van der Waals surface area contributed by atoms with E-state index in [9.17, 15) is 9.59 Å². The number of carbonyl (C=O) groups is 2. The number of amides is 2. The third-order valence-corrected chi connectivity index (χ3v) is 3.44. The van der Waals surface area contributed by atoms with Crippen molar-refractivity contribution in [2.45, 2.75) is 38.5 Å². The number of hydrogen-bond donors (Lipinski definition) is 3. The smallest absolute Gasteiger partial charge is 0.243 e. The van der Waals surface area contributed by atoms with E-state index >= 15 is 0 Å². The number of hydrogen-bond acceptors (Lipinski definition) is 4. The van der Waals surface area contributed by atoms with Crippen LogP contribution < -0.4 is 15.5 Å². The van der Waals surface area contributed by atoms with Gasteiger partial charge in [-0.3, -0.25) is 14.8 Å². The van der Waals surface area contributed by atoms with E-state index in [1.165, 1.54) is 0 Å². The van der Waals surface area contributed by atoms with Crippen molar-refractivity contribution in [3.8, 4) is 5.75 Å². The van der Waals surface area contributed by atoms with Crippen molar-refractivity contribution in [3.05, 3.63) is 23.8 Å². The SMILES string of the molecule is O=C(CCCCCOc1cccc2c1CCC(=O)N2)NO. The second kappa shape index (κ2) is 7.64. The Labute approximate surface area is 123 Å². The molecular formula is C15H20N2O4. The maximum Gasteiger partial charge on any atom is 0.243 e. The maximum atomic E-state index is 11.3. The first kappa shape index (κ1) is 15.3. The molecule has 0 spiro atoms. The molecule has 1 heterocycles. The van der Waals surface area contributed by atoms with Gasteiger partial charge in [0.15, 0.2) is 0 Å². The van der Waals surface area contributed by atoms with Gasteiger partial charge in [-0.05, 0) is 37.8 Å². The molecule has 0 radical (unpaired) electrons. The van der Waals surface area contributed by atoms with Crippen molar-refractivity contribution in [2.75, 3.05) is 11.9 Å². The molecule has 114 valence electrons. The summed E-state index contributed by atoms with van der Waals surface area (Å²) in [6, 6.07) is 5.66. The van der Waals surface area contributed by atoms with E-state index in [4.69, 9.17) is 9.94 Å². The normalized spacial score (nSPS) is 13.3. The van der Waals surface area contributed by atoms with Crippen LogP contribution in [0.1, 0.15) is 37.7 Å². The number of hydroxylamine groups is 1. The Kier molecular flexibility index (Phi) is 5.57. The number of carbonyl (C=O) groups excluding carboxylic acids is 2. The van der Waals surface area contributed by atoms with E-state index in [1.54, 1.807) is 5.48 Å². The van der Waals surface area contributed by atoms with Crippen molar-refractivity contribution in [1.29, 1.82) is 0 Å². The van der Waals surface area contributed by atoms with Gasteiger partial charge >= 0.3 is 0 Å². The summed E-state index contributed by atoms with van der Waals surface area (Å²) in [6.45, 7) is 0.575. The van der Waals surface area contributed by atoms with Gasteiger partial charge in [0.1, 0.15) is 5.75 Å². The van der Waals surface area contributed by atoms with Gasteiger partial charge in [0, 0.05) is 24.1 Å². The minimum Gasteiger partial charge on any atom is -0.493 e. The number of benzene rings is 1. The van der Waals surface area contributed by atoms with Gasteiger partial charge in [-0.2, -0.15) is 0 Å². The topological polar surface area (TPSA) is 87.7 Å². The highest BCUT2D eigenvalue weighted by atomic mass is 16.5. The van der Waals surface area contributed by atoms with Crippen molar-refractivity contribution in [3.63, 3.8) is 0 Å². The summed E-state index contributed by atoms with van der Waals surface area (Å²) in [4.78, 5) is 22.2. The Hall–Kier alpha value is -2.08. The van der Waals surface area contributed by atoms with Crippen LogP contribution in [-0.2, 0) is 16.0 Å². The molecule has 0 aromatic heterocycles. The number of fused-ring (bicyclic) bond motifs is 1. The second-order valence-corrected chi connectivity index (χ2v) is 5.02. The lowest BCUT2D eigenvalue weighted by Gasteiger charge is -2.20. The van der Waals surface area contributed by atoms with Gasteiger partial charge in [-0.25, -0.2) is 5.48 Å². The van der Waals surface area contributed by atoms with Crippen LogP contribution >= 0.6 is 0 Å². The Morgan fingerprint density at radius 1 is 1.29 bits per heavy atom. The maximum absolute atomic E-state index is 11.3. The number of unbranched alkanes of at least 4 members (excludes halogenated alkanes) is 2. The van der Waals surface area contributed by atoms with E-state index in [0.717, 1.165) is 36.3 Å². The standard InChI is InChI=1S/C15H20N2O4/c18-14-9-8-11-12(16-14)5-4-6-13(11)21-10-3-1-2-7-15(19)17-20/h4-6,20H,1-3,7-10H2,(H,16,18)(H,17,19). The number of rotatable bonds is 7. The zero-order valence-corrected chi connectivity index (χ0v) is 11.9. The van der Waals surface area contributed by atoms with Crippen LogP contribution in [0.3, 0.4) is 0 Å². The average Bonchev–Trinajstić information content (AvgIpc) is 2.50. The molecule has 3 N–H and O–H groups in total. The molecule has 0 atom stereocenters. The Morgan fingerprint density at radius 3 is 2.95 bits per heavy atom. The first-order valence-electron chi connectivity index (χ1n) is 7.18. The van der Waals surface area contributed by atoms with Crippen LogP contribution in [0.25, 0.3) is 0 Å². The fraction of sp³-hybridized carbons (Fsp3) is 0.467. The molecule has 1 aliphatic rings. The summed E-state index contributed by atoms with van der Waals surface area (Å²) < 4.78 is 5.77. The lowest BCUT2D eigenvalue weighted by atomic mass is 10.0. The van der Waals surface area contributed by atoms with Gasteiger partial charge in [0.2, 0.25) is 11.8 Å². The second-order valence-electron chi connectivity index (χ2n) is 5.02. The van der Waals surface area contributed by atoms with Crippen molar-refractivity contribution in [2.24, 2.45) is 0 Å². The number of ether oxygens (including phenoxy) is 1. The molecule has 0 saturated heterocycles. The summed E-state index contributed by atoms with van der Waals surface area (Å²) >= 11 is 0. The highest BCUT2D eigenvalue weighted by Crippen LogP contribution is 2.31. The van der Waals surface area contributed by atoms with E-state index < -0.39 is 0 Å². The van der Waals surface area contributed by atoms with Crippen LogP contribution in [0.5, 0.6) is 5.75 Å². The molecule has 21 heavy (non-hydrogen) atoms. The molecule has 6 heteroatoms. The lowest BCUT2D eigenvalue weighted by Crippen LogP contribution is -2.19. The van der Waals surface area contributed by atoms with Gasteiger partial charge in [-0.15, -0.1) is 0 Å². The lowest BCUT2D eigenvalue weighted by molar-refractivity contribution is -0.129. The third-order valence-electron chi connectivity index (χ3n) is 3.44. The Morgan fingerprint density at radius 2 is 2.14 bits per heavy atom. The molecule has 0 fully saturated rings. The van der Waals surface area contributed by atoms with Crippen LogP contribution in [0.15, 0.2) is 18.2 Å². The molecule has 2 rings (SSSR count). The summed E-state index contributed by atoms with van der Waals surface area (Å²) in [5.41, 5.74) is 3.50. The Balaban J connectivity index is 1.75. The van der Waals surface area contributed by atoms with Crippen molar-refractivity contribution < 1.29 is 19.5 Å². The first-order chi connectivity index (χ1) is 10.2. The van der Waals surface area contributed by atoms with Crippen molar-refractivity contribution in [1.82, 2.24) is 5.48 Å². The fourth-order valence-corrected chi connectivity index (χ4v) is 2.33. The quantitative estimate of drug-likeness (QED) is 0.407. The molecule has 2 amide bonds. The molecule has 0 unspecified atom stereocenters. The monoisotopic (exact) mass is 292 g/mol. The molecule has 0 saturated carbocycles. The van der Waals surface area contributed by atoms with Crippen LogP contribution in [0.4, 0.5) is 5.69 Å². The third kappa shape index (κ3) is 4.46. The van der Waals surface area contributed by atoms with E-state index in [0.29, 0.717) is 25.9 Å². The summed E-state index contributed by atoms with van der Waals surface area (Å²) in [6.07, 6.45) is 3.94. The predicted molar refractivity (Wildman–Crippen MR) is 77.3 cm³/mol. The van der Waals surface area contributed by atoms with E-state index in [2.05, 4.69) is 5.32 Å². The zero-order chi connectivity index (χ0) is 15.1. The van der Waals surface area contributed by atoms with Gasteiger partial charge in [-0.1, -0.05) is 6.07 Å². The summed E-state index contributed by atoms with van der Waals surface area (Å²) in [5.74, 6) is 0.506. The molecular weight excluding hydrogens is 272 g/mol. The first-order valence-corrected chi connectivity index (χ1v) is 7.18. The Bertz CT molecular complexity index is 516. The van der Waals surface area contributed by atoms with Gasteiger partial charge < -0.3 is 10.1 Å². The largest absolute Gasteiger partial charge is 0.493 e. The molecule has 0 bridgehead atoms. The number of anilines is 1. The molecule has 6 nitrogen and oxygen atoms in total. The van der Waals surface area contributed by atoms with E-state index in [-0.39, 0.29) is 11.8 Å². The molecule has 1 aromatic rings. The molecule has 0 aliphatic carbocycles. The highest BCUT2D eigenvalue weighted by Gasteiger charge is 2.17. The van der Waals surface area contributed by atoms with E-state index in [1.807, 2.05) is 18.2 Å². The average molecular weight is 292 g/mol. The van der Waals surface area contributed by atoms with Gasteiger partial charge in [0.25, 0.3) is 0 Å². The number of nitrogens with one attached hydrogen (secondary N) is 2. The van der Waals surface area contributed by atoms with Crippen molar-refractivity contribution >= 4 is 17.5 Å².